The Hall–Kier alpha value is -2.12. The van der Waals surface area contributed by atoms with Gasteiger partial charge in [0.15, 0.2) is 0 Å². The van der Waals surface area contributed by atoms with Crippen molar-refractivity contribution >= 4 is 44.8 Å². The molecule has 3 rings (SSSR count). The number of amides is 1. The summed E-state index contributed by atoms with van der Waals surface area (Å²) in [6.07, 6.45) is 0. The molecule has 1 amide bonds. The maximum atomic E-state index is 12.6. The van der Waals surface area contributed by atoms with E-state index in [2.05, 4.69) is 15.9 Å². The first-order valence-electron chi connectivity index (χ1n) is 7.70. The van der Waals surface area contributed by atoms with E-state index < -0.39 is 4.92 Å². The van der Waals surface area contributed by atoms with Gasteiger partial charge < -0.3 is 9.80 Å². The number of benzene rings is 2. The second kappa shape index (κ2) is 7.41. The van der Waals surface area contributed by atoms with E-state index in [0.29, 0.717) is 36.8 Å². The lowest BCUT2D eigenvalue weighted by Gasteiger charge is -2.36. The van der Waals surface area contributed by atoms with E-state index in [1.54, 1.807) is 17.0 Å². The van der Waals surface area contributed by atoms with Gasteiger partial charge in [-0.2, -0.15) is 0 Å². The molecule has 0 bridgehead atoms. The van der Waals surface area contributed by atoms with Crippen LogP contribution < -0.4 is 4.90 Å². The summed E-state index contributed by atoms with van der Waals surface area (Å²) in [6.45, 7) is 2.36. The van der Waals surface area contributed by atoms with E-state index >= 15 is 0 Å². The molecule has 1 aliphatic rings. The monoisotopic (exact) mass is 423 g/mol. The summed E-state index contributed by atoms with van der Waals surface area (Å²) in [4.78, 5) is 26.8. The van der Waals surface area contributed by atoms with Gasteiger partial charge in [0.05, 0.1) is 21.2 Å². The Labute approximate surface area is 158 Å². The fourth-order valence-electron chi connectivity index (χ4n) is 2.82. The summed E-state index contributed by atoms with van der Waals surface area (Å²) in [6, 6.07) is 11.8. The molecule has 0 saturated carbocycles. The van der Waals surface area contributed by atoms with Crippen molar-refractivity contribution in [3.63, 3.8) is 0 Å². The van der Waals surface area contributed by atoms with Crippen molar-refractivity contribution in [1.82, 2.24) is 4.90 Å². The first-order valence-corrected chi connectivity index (χ1v) is 8.87. The van der Waals surface area contributed by atoms with Gasteiger partial charge in [0.25, 0.3) is 11.6 Å². The second-order valence-corrected chi connectivity index (χ2v) is 6.91. The zero-order valence-corrected chi connectivity index (χ0v) is 15.5. The van der Waals surface area contributed by atoms with Gasteiger partial charge in [-0.25, -0.2) is 0 Å². The Morgan fingerprint density at radius 1 is 1.12 bits per heavy atom. The highest BCUT2D eigenvalue weighted by Gasteiger charge is 2.24. The summed E-state index contributed by atoms with van der Waals surface area (Å²) in [5, 5.41) is 11.2. The third kappa shape index (κ3) is 3.77. The van der Waals surface area contributed by atoms with Crippen LogP contribution in [0.25, 0.3) is 0 Å². The lowest BCUT2D eigenvalue weighted by Crippen LogP contribution is -2.49. The van der Waals surface area contributed by atoms with Crippen LogP contribution in [0, 0.1) is 10.1 Å². The van der Waals surface area contributed by atoms with Crippen molar-refractivity contribution < 1.29 is 9.72 Å². The summed E-state index contributed by atoms with van der Waals surface area (Å²) < 4.78 is 0.779. The number of anilines is 1. The summed E-state index contributed by atoms with van der Waals surface area (Å²) in [5.41, 5.74) is 1.36. The number of hydrogen-bond donors (Lipinski definition) is 0. The average Bonchev–Trinajstić information content (AvgIpc) is 2.61. The number of hydrogen-bond acceptors (Lipinski definition) is 4. The average molecular weight is 425 g/mol. The van der Waals surface area contributed by atoms with E-state index in [0.717, 1.165) is 10.2 Å². The minimum absolute atomic E-state index is 0.0121. The van der Waals surface area contributed by atoms with Crippen molar-refractivity contribution in [1.29, 1.82) is 0 Å². The van der Waals surface area contributed by atoms with Crippen molar-refractivity contribution in [2.24, 2.45) is 0 Å². The van der Waals surface area contributed by atoms with Crippen LogP contribution in [0.15, 0.2) is 46.9 Å². The van der Waals surface area contributed by atoms with Gasteiger partial charge in [-0.3, -0.25) is 14.9 Å². The van der Waals surface area contributed by atoms with Gasteiger partial charge in [0, 0.05) is 42.8 Å². The first-order chi connectivity index (χ1) is 12.0. The molecule has 0 spiro atoms. The molecule has 1 fully saturated rings. The van der Waals surface area contributed by atoms with Crippen molar-refractivity contribution in [2.45, 2.75) is 0 Å². The number of carbonyl (C=O) groups excluding carboxylic acids is 1. The molecule has 8 heteroatoms. The topological polar surface area (TPSA) is 66.7 Å². The molecule has 0 aromatic heterocycles. The van der Waals surface area contributed by atoms with Crippen molar-refractivity contribution in [3.8, 4) is 0 Å². The smallest absolute Gasteiger partial charge is 0.271 e. The number of nitro groups is 1. The van der Waals surface area contributed by atoms with Crippen LogP contribution in [0.2, 0.25) is 5.02 Å². The van der Waals surface area contributed by atoms with Gasteiger partial charge in [-0.15, -0.1) is 0 Å². The Bertz CT molecular complexity index is 823. The largest absolute Gasteiger partial charge is 0.367 e. The number of non-ortho nitro benzene ring substituents is 1. The van der Waals surface area contributed by atoms with Crippen LogP contribution in [0.3, 0.4) is 0 Å². The molecule has 2 aromatic carbocycles. The number of nitro benzene ring substituents is 1. The third-order valence-electron chi connectivity index (χ3n) is 4.15. The predicted octanol–water partition coefficient (Wildman–Crippen LogP) is 3.97. The Kier molecular flexibility index (Phi) is 5.24. The van der Waals surface area contributed by atoms with E-state index in [9.17, 15) is 14.9 Å². The minimum atomic E-state index is -0.468. The molecule has 130 valence electrons. The fourth-order valence-corrected chi connectivity index (χ4v) is 3.57. The van der Waals surface area contributed by atoms with E-state index in [-0.39, 0.29) is 11.6 Å². The molecule has 1 aliphatic heterocycles. The number of nitrogens with zero attached hydrogens (tertiary/aromatic N) is 3. The molecule has 1 saturated heterocycles. The maximum Gasteiger partial charge on any atom is 0.271 e. The number of piperazine rings is 1. The van der Waals surface area contributed by atoms with Gasteiger partial charge in [-0.05, 0) is 34.1 Å². The van der Waals surface area contributed by atoms with E-state index in [1.165, 1.54) is 12.1 Å². The maximum absolute atomic E-state index is 12.6. The van der Waals surface area contributed by atoms with Crippen molar-refractivity contribution in [3.05, 3.63) is 67.6 Å². The van der Waals surface area contributed by atoms with Crippen molar-refractivity contribution in [2.75, 3.05) is 31.1 Å². The summed E-state index contributed by atoms with van der Waals surface area (Å²) in [5.74, 6) is -0.0121. The normalized spacial score (nSPS) is 14.5. The fraction of sp³-hybridized carbons (Fsp3) is 0.235. The molecule has 25 heavy (non-hydrogen) atoms. The highest BCUT2D eigenvalue weighted by molar-refractivity contribution is 9.10. The Morgan fingerprint density at radius 3 is 2.40 bits per heavy atom. The molecule has 0 unspecified atom stereocenters. The molecule has 0 atom stereocenters. The molecule has 2 aromatic rings. The van der Waals surface area contributed by atoms with Gasteiger partial charge in [0.2, 0.25) is 0 Å². The van der Waals surface area contributed by atoms with Crippen LogP contribution in [-0.4, -0.2) is 41.9 Å². The summed E-state index contributed by atoms with van der Waals surface area (Å²) >= 11 is 9.60. The van der Waals surface area contributed by atoms with Crippen LogP contribution in [0.4, 0.5) is 11.4 Å². The van der Waals surface area contributed by atoms with E-state index in [4.69, 9.17) is 11.6 Å². The van der Waals surface area contributed by atoms with E-state index in [1.807, 2.05) is 23.1 Å². The number of carbonyl (C=O) groups is 1. The lowest BCUT2D eigenvalue weighted by atomic mass is 10.1. The molecule has 6 nitrogen and oxygen atoms in total. The highest BCUT2D eigenvalue weighted by Crippen LogP contribution is 2.30. The quantitative estimate of drug-likeness (QED) is 0.552. The standard InChI is InChI=1S/C17H15BrClN3O3/c18-14-4-2-1-3-13(14)17(23)21-9-7-20(8-10-21)16-6-5-12(22(24)25)11-15(16)19/h1-6,11H,7-10H2. The zero-order valence-electron chi connectivity index (χ0n) is 13.2. The van der Waals surface area contributed by atoms with Crippen LogP contribution in [0.1, 0.15) is 10.4 Å². The zero-order chi connectivity index (χ0) is 18.0. The second-order valence-electron chi connectivity index (χ2n) is 5.65. The first kappa shape index (κ1) is 17.7. The molecule has 0 radical (unpaired) electrons. The van der Waals surface area contributed by atoms with Crippen LogP contribution >= 0.6 is 27.5 Å². The Balaban J connectivity index is 1.69. The van der Waals surface area contributed by atoms with Gasteiger partial charge in [-0.1, -0.05) is 23.7 Å². The van der Waals surface area contributed by atoms with Crippen LogP contribution in [-0.2, 0) is 0 Å². The molecular weight excluding hydrogens is 410 g/mol. The minimum Gasteiger partial charge on any atom is -0.367 e. The molecule has 0 aliphatic carbocycles. The third-order valence-corrected chi connectivity index (χ3v) is 5.15. The SMILES string of the molecule is O=C(c1ccccc1Br)N1CCN(c2ccc([N+](=O)[O-])cc2Cl)CC1. The highest BCUT2D eigenvalue weighted by atomic mass is 79.9. The predicted molar refractivity (Wildman–Crippen MR) is 100 cm³/mol. The van der Waals surface area contributed by atoms with Crippen LogP contribution in [0.5, 0.6) is 0 Å². The molecular formula is C17H15BrClN3O3. The molecule has 0 N–H and O–H groups in total. The Morgan fingerprint density at radius 2 is 1.80 bits per heavy atom. The number of halogens is 2. The summed E-state index contributed by atoms with van der Waals surface area (Å²) in [7, 11) is 0. The number of rotatable bonds is 3. The van der Waals surface area contributed by atoms with Gasteiger partial charge in [0.1, 0.15) is 0 Å². The lowest BCUT2D eigenvalue weighted by molar-refractivity contribution is -0.384. The molecule has 1 heterocycles. The van der Waals surface area contributed by atoms with Gasteiger partial charge >= 0.3 is 0 Å².